The zero-order valence-electron chi connectivity index (χ0n) is 16.7. The second-order valence-electron chi connectivity index (χ2n) is 6.73. The summed E-state index contributed by atoms with van der Waals surface area (Å²) in [5.74, 6) is 0.874. The zero-order valence-corrected chi connectivity index (χ0v) is 16.7. The Bertz CT molecular complexity index is 1280. The number of rotatable bonds is 6. The molecule has 0 saturated carbocycles. The van der Waals surface area contributed by atoms with Gasteiger partial charge in [-0.25, -0.2) is 4.98 Å². The maximum absolute atomic E-state index is 13.3. The van der Waals surface area contributed by atoms with Crippen LogP contribution in [0.5, 0.6) is 11.5 Å². The van der Waals surface area contributed by atoms with Crippen molar-refractivity contribution >= 4 is 16.8 Å². The maximum Gasteiger partial charge on any atom is 0.267 e. The fraction of sp³-hybridized carbons (Fsp3) is 0.125. The lowest BCUT2D eigenvalue weighted by atomic mass is 10.0. The second kappa shape index (κ2) is 8.21. The normalized spacial score (nSPS) is 10.7. The molecule has 6 nitrogen and oxygen atoms in total. The first-order chi connectivity index (χ1) is 14.6. The van der Waals surface area contributed by atoms with Crippen LogP contribution in [-0.2, 0) is 6.42 Å². The zero-order chi connectivity index (χ0) is 21.1. The number of pyridine rings is 2. The Morgan fingerprint density at radius 1 is 0.967 bits per heavy atom. The summed E-state index contributed by atoms with van der Waals surface area (Å²) in [6, 6.07) is 19.7. The van der Waals surface area contributed by atoms with Crippen molar-refractivity contribution in [1.29, 1.82) is 0 Å². The summed E-state index contributed by atoms with van der Waals surface area (Å²) in [7, 11) is 3.10. The smallest absolute Gasteiger partial charge is 0.267 e. The molecule has 0 aliphatic rings. The van der Waals surface area contributed by atoms with Crippen molar-refractivity contribution in [1.82, 2.24) is 9.55 Å². The van der Waals surface area contributed by atoms with Crippen LogP contribution in [-0.4, -0.2) is 29.6 Å². The number of para-hydroxylation sites is 1. The molecule has 150 valence electrons. The fourth-order valence-electron chi connectivity index (χ4n) is 3.43. The van der Waals surface area contributed by atoms with E-state index in [9.17, 15) is 9.59 Å². The molecule has 0 N–H and O–H groups in total. The lowest BCUT2D eigenvalue weighted by Gasteiger charge is -2.13. The number of nitrogens with zero attached hydrogens (tertiary/aromatic N) is 2. The Hall–Kier alpha value is -3.93. The average molecular weight is 400 g/mol. The number of Topliss-reactive ketones (excluding diaryl/α,β-unsaturated/α-hetero) is 1. The van der Waals surface area contributed by atoms with E-state index in [1.807, 2.05) is 36.4 Å². The first kappa shape index (κ1) is 19.4. The van der Waals surface area contributed by atoms with Crippen molar-refractivity contribution in [2.45, 2.75) is 6.42 Å². The Balaban J connectivity index is 1.83. The van der Waals surface area contributed by atoms with E-state index >= 15 is 0 Å². The third-order valence-corrected chi connectivity index (χ3v) is 4.92. The average Bonchev–Trinajstić information content (AvgIpc) is 2.79. The Labute approximate surface area is 173 Å². The summed E-state index contributed by atoms with van der Waals surface area (Å²) in [6.45, 7) is 0. The van der Waals surface area contributed by atoms with E-state index in [-0.39, 0.29) is 17.8 Å². The minimum Gasteiger partial charge on any atom is -0.497 e. The molecule has 0 fully saturated rings. The van der Waals surface area contributed by atoms with Gasteiger partial charge in [0.15, 0.2) is 5.78 Å². The molecule has 2 aromatic carbocycles. The first-order valence-corrected chi connectivity index (χ1v) is 9.42. The van der Waals surface area contributed by atoms with Crippen molar-refractivity contribution in [2.24, 2.45) is 0 Å². The Morgan fingerprint density at radius 2 is 1.77 bits per heavy atom. The quantitative estimate of drug-likeness (QED) is 0.460. The number of benzene rings is 2. The van der Waals surface area contributed by atoms with Crippen LogP contribution in [0, 0.1) is 0 Å². The maximum atomic E-state index is 13.3. The highest BCUT2D eigenvalue weighted by atomic mass is 16.5. The van der Waals surface area contributed by atoms with Gasteiger partial charge in [-0.15, -0.1) is 0 Å². The van der Waals surface area contributed by atoms with E-state index in [1.165, 1.54) is 11.7 Å². The summed E-state index contributed by atoms with van der Waals surface area (Å²) in [5.41, 5.74) is 1.55. The number of hydrogen-bond acceptors (Lipinski definition) is 5. The number of ether oxygens (including phenoxy) is 2. The van der Waals surface area contributed by atoms with Crippen molar-refractivity contribution in [3.8, 4) is 17.2 Å². The van der Waals surface area contributed by atoms with E-state index < -0.39 is 5.56 Å². The van der Waals surface area contributed by atoms with Gasteiger partial charge in [0.05, 0.1) is 25.5 Å². The third kappa shape index (κ3) is 3.55. The van der Waals surface area contributed by atoms with Gasteiger partial charge in [-0.2, -0.15) is 0 Å². The molecule has 2 heterocycles. The van der Waals surface area contributed by atoms with Crippen molar-refractivity contribution in [3.05, 3.63) is 94.4 Å². The predicted octanol–water partition coefficient (Wildman–Crippen LogP) is 3.83. The minimum absolute atomic E-state index is 0.0307. The second-order valence-corrected chi connectivity index (χ2v) is 6.73. The third-order valence-electron chi connectivity index (χ3n) is 4.92. The van der Waals surface area contributed by atoms with Gasteiger partial charge in [0.2, 0.25) is 0 Å². The van der Waals surface area contributed by atoms with Gasteiger partial charge in [0, 0.05) is 29.6 Å². The van der Waals surface area contributed by atoms with Gasteiger partial charge >= 0.3 is 0 Å². The predicted molar refractivity (Wildman–Crippen MR) is 115 cm³/mol. The van der Waals surface area contributed by atoms with Crippen molar-refractivity contribution < 1.29 is 14.3 Å². The van der Waals surface area contributed by atoms with E-state index in [0.29, 0.717) is 33.8 Å². The van der Waals surface area contributed by atoms with Crippen LogP contribution in [0.15, 0.2) is 77.7 Å². The van der Waals surface area contributed by atoms with Crippen LogP contribution < -0.4 is 15.0 Å². The molecule has 4 aromatic rings. The summed E-state index contributed by atoms with van der Waals surface area (Å²) in [6.07, 6.45) is 1.66. The van der Waals surface area contributed by atoms with Crippen LogP contribution in [0.2, 0.25) is 0 Å². The molecule has 4 rings (SSSR count). The van der Waals surface area contributed by atoms with E-state index in [4.69, 9.17) is 9.47 Å². The van der Waals surface area contributed by atoms with Crippen LogP contribution in [0.3, 0.4) is 0 Å². The number of aromatic nitrogens is 2. The summed E-state index contributed by atoms with van der Waals surface area (Å²) >= 11 is 0. The number of carbonyl (C=O) groups excluding carboxylic acids is 1. The lowest BCUT2D eigenvalue weighted by molar-refractivity contribution is 0.0990. The minimum atomic E-state index is -0.398. The van der Waals surface area contributed by atoms with Gasteiger partial charge in [-0.3, -0.25) is 14.2 Å². The highest BCUT2D eigenvalue weighted by Crippen LogP contribution is 2.26. The highest BCUT2D eigenvalue weighted by Gasteiger charge is 2.19. The summed E-state index contributed by atoms with van der Waals surface area (Å²) in [4.78, 5) is 30.9. The van der Waals surface area contributed by atoms with Crippen LogP contribution >= 0.6 is 0 Å². The number of carbonyl (C=O) groups is 1. The van der Waals surface area contributed by atoms with Gasteiger partial charge in [-0.1, -0.05) is 24.3 Å². The first-order valence-electron chi connectivity index (χ1n) is 9.42. The molecule has 0 aliphatic carbocycles. The fourth-order valence-corrected chi connectivity index (χ4v) is 3.43. The van der Waals surface area contributed by atoms with Gasteiger partial charge in [0.1, 0.15) is 17.1 Å². The molecular formula is C24H20N2O4. The molecule has 0 spiro atoms. The van der Waals surface area contributed by atoms with E-state index in [1.54, 1.807) is 43.6 Å². The van der Waals surface area contributed by atoms with Crippen LogP contribution in [0.4, 0.5) is 0 Å². The molecule has 30 heavy (non-hydrogen) atoms. The standard InChI is InChI=1S/C24H20N2O4/c1-29-19-11-10-16(22(15-19)30-2)14-21(27)20-13-17-7-6-12-25-23(17)26(24(20)28)18-8-4-3-5-9-18/h3-13,15H,14H2,1-2H3. The Morgan fingerprint density at radius 3 is 2.50 bits per heavy atom. The molecule has 2 aromatic heterocycles. The number of fused-ring (bicyclic) bond motifs is 1. The number of hydrogen-bond donors (Lipinski definition) is 0. The molecule has 0 saturated heterocycles. The van der Waals surface area contributed by atoms with E-state index in [0.717, 1.165) is 0 Å². The number of methoxy groups -OCH3 is 2. The monoisotopic (exact) mass is 400 g/mol. The van der Waals surface area contributed by atoms with Crippen molar-refractivity contribution in [2.75, 3.05) is 14.2 Å². The van der Waals surface area contributed by atoms with Crippen molar-refractivity contribution in [3.63, 3.8) is 0 Å². The van der Waals surface area contributed by atoms with Crippen LogP contribution in [0.25, 0.3) is 16.7 Å². The molecule has 6 heteroatoms. The molecule has 0 atom stereocenters. The SMILES string of the molecule is COc1ccc(CC(=O)c2cc3cccnc3n(-c3ccccc3)c2=O)c(OC)c1. The molecule has 0 aliphatic heterocycles. The Kier molecular flexibility index (Phi) is 5.30. The van der Waals surface area contributed by atoms with Gasteiger partial charge < -0.3 is 9.47 Å². The lowest BCUT2D eigenvalue weighted by Crippen LogP contribution is -2.27. The number of ketones is 1. The molecule has 0 bridgehead atoms. The molecule has 0 radical (unpaired) electrons. The molecule has 0 unspecified atom stereocenters. The topological polar surface area (TPSA) is 70.4 Å². The molecular weight excluding hydrogens is 380 g/mol. The van der Waals surface area contributed by atoms with Crippen LogP contribution in [0.1, 0.15) is 15.9 Å². The van der Waals surface area contributed by atoms with Gasteiger partial charge in [-0.05, 0) is 36.4 Å². The highest BCUT2D eigenvalue weighted by molar-refractivity contribution is 6.00. The van der Waals surface area contributed by atoms with Gasteiger partial charge in [0.25, 0.3) is 5.56 Å². The summed E-state index contributed by atoms with van der Waals surface area (Å²) in [5, 5.41) is 0.714. The molecule has 0 amide bonds. The summed E-state index contributed by atoms with van der Waals surface area (Å²) < 4.78 is 12.1. The van der Waals surface area contributed by atoms with E-state index in [2.05, 4.69) is 4.98 Å². The largest absolute Gasteiger partial charge is 0.497 e.